The van der Waals surface area contributed by atoms with Gasteiger partial charge in [0.05, 0.1) is 0 Å². The third kappa shape index (κ3) is 3.24. The number of aliphatic hydroxyl groups excluding tert-OH is 1. The van der Waals surface area contributed by atoms with Gasteiger partial charge in [-0.1, -0.05) is 0 Å². The molecule has 0 saturated heterocycles. The van der Waals surface area contributed by atoms with Crippen LogP contribution in [-0.4, -0.2) is 64.4 Å². The fraction of sp³-hybridized carbons (Fsp3) is 1.00. The quantitative estimate of drug-likeness (QED) is 0.499. The second kappa shape index (κ2) is 6.66. The van der Waals surface area contributed by atoms with Crippen LogP contribution in [0.1, 0.15) is 6.42 Å². The second-order valence-corrected chi connectivity index (χ2v) is 5.17. The first-order valence-electron chi connectivity index (χ1n) is 6.17. The Balaban J connectivity index is 6.63. The molecule has 170 valence electrons. The molecule has 0 bridgehead atoms. The minimum absolute atomic E-state index is 2.15. The molecule has 28 heavy (non-hydrogen) atoms. The molecule has 0 aromatic rings. The summed E-state index contributed by atoms with van der Waals surface area (Å²) in [6, 6.07) is 0. The Labute approximate surface area is 142 Å². The van der Waals surface area contributed by atoms with Crippen molar-refractivity contribution in [3.63, 3.8) is 0 Å². The van der Waals surface area contributed by atoms with Crippen LogP contribution >= 0.6 is 0 Å². The zero-order chi connectivity index (χ0) is 23.4. The molecule has 0 radical (unpaired) electrons. The number of hydrogen-bond acceptors (Lipinski definition) is 2. The molecular formula is C10H6F16O2. The number of halogens is 16. The molecule has 0 saturated carbocycles. The third-order valence-corrected chi connectivity index (χ3v) is 3.23. The molecule has 0 atom stereocenters. The SMILES string of the molecule is OCCC(F)(F)C(F)(F)C(F)(F)C(F)(F)C(F)(F)C(F)(F)C(F)(F)C(O)(F)F. The minimum atomic E-state index is -8.54. The van der Waals surface area contributed by atoms with Crippen LogP contribution in [0.4, 0.5) is 70.2 Å². The van der Waals surface area contributed by atoms with E-state index in [2.05, 4.69) is 0 Å². The molecule has 0 heterocycles. The lowest BCUT2D eigenvalue weighted by atomic mass is 9.88. The minimum Gasteiger partial charge on any atom is -0.396 e. The monoisotopic (exact) mass is 462 g/mol. The summed E-state index contributed by atoms with van der Waals surface area (Å²) >= 11 is 0. The normalized spacial score (nSPS) is 16.5. The van der Waals surface area contributed by atoms with E-state index in [0.29, 0.717) is 0 Å². The molecule has 0 fully saturated rings. The summed E-state index contributed by atoms with van der Waals surface area (Å²) in [6.45, 7) is -2.15. The topological polar surface area (TPSA) is 40.5 Å². The Hall–Kier alpha value is -1.20. The predicted molar refractivity (Wildman–Crippen MR) is 53.5 cm³/mol. The number of alkyl halides is 16. The van der Waals surface area contributed by atoms with E-state index in [1.807, 2.05) is 0 Å². The summed E-state index contributed by atoms with van der Waals surface area (Å²) in [5.41, 5.74) is 0. The van der Waals surface area contributed by atoms with E-state index in [1.54, 1.807) is 0 Å². The maximum absolute atomic E-state index is 13.1. The number of hydrogen-bond donors (Lipinski definition) is 2. The fourth-order valence-electron chi connectivity index (χ4n) is 1.50. The Bertz CT molecular complexity index is 562. The van der Waals surface area contributed by atoms with Gasteiger partial charge in [0.2, 0.25) is 0 Å². The largest absolute Gasteiger partial charge is 0.423 e. The zero-order valence-corrected chi connectivity index (χ0v) is 12.4. The molecule has 0 aliphatic heterocycles. The van der Waals surface area contributed by atoms with Crippen molar-refractivity contribution in [3.8, 4) is 0 Å². The predicted octanol–water partition coefficient (Wildman–Crippen LogP) is 4.40. The van der Waals surface area contributed by atoms with E-state index in [1.165, 1.54) is 0 Å². The van der Waals surface area contributed by atoms with E-state index >= 15 is 0 Å². The first-order chi connectivity index (χ1) is 11.8. The zero-order valence-electron chi connectivity index (χ0n) is 12.4. The van der Waals surface area contributed by atoms with Crippen LogP contribution in [0.2, 0.25) is 0 Å². The van der Waals surface area contributed by atoms with Crippen molar-refractivity contribution in [3.05, 3.63) is 0 Å². The summed E-state index contributed by atoms with van der Waals surface area (Å²) < 4.78 is 206. The molecule has 18 heteroatoms. The van der Waals surface area contributed by atoms with E-state index in [4.69, 9.17) is 10.2 Å². The summed E-state index contributed by atoms with van der Waals surface area (Å²) in [5.74, 6) is -55.8. The van der Waals surface area contributed by atoms with Crippen LogP contribution in [0.5, 0.6) is 0 Å². The smallest absolute Gasteiger partial charge is 0.396 e. The van der Waals surface area contributed by atoms with Gasteiger partial charge in [-0.2, -0.15) is 70.2 Å². The molecule has 0 aromatic heterocycles. The molecule has 2 nitrogen and oxygen atoms in total. The molecule has 0 aromatic carbocycles. The van der Waals surface area contributed by atoms with Gasteiger partial charge in [-0.25, -0.2) is 0 Å². The lowest BCUT2D eigenvalue weighted by molar-refractivity contribution is -0.469. The Kier molecular flexibility index (Phi) is 6.38. The second-order valence-electron chi connectivity index (χ2n) is 5.17. The molecule has 2 N–H and O–H groups in total. The van der Waals surface area contributed by atoms with Gasteiger partial charge in [-0.15, -0.1) is 0 Å². The van der Waals surface area contributed by atoms with Crippen LogP contribution in [-0.2, 0) is 0 Å². The van der Waals surface area contributed by atoms with Gasteiger partial charge in [0, 0.05) is 13.0 Å². The molecule has 0 aliphatic carbocycles. The highest BCUT2D eigenvalue weighted by Gasteiger charge is 2.94. The lowest BCUT2D eigenvalue weighted by Gasteiger charge is -2.43. The molecule has 0 unspecified atom stereocenters. The fourth-order valence-corrected chi connectivity index (χ4v) is 1.50. The lowest BCUT2D eigenvalue weighted by Crippen LogP contribution is -2.74. The summed E-state index contributed by atoms with van der Waals surface area (Å²) in [6.07, 6.45) is -10.1. The molecular weight excluding hydrogens is 456 g/mol. The summed E-state index contributed by atoms with van der Waals surface area (Å²) in [4.78, 5) is 0. The van der Waals surface area contributed by atoms with Crippen molar-refractivity contribution < 1.29 is 80.5 Å². The highest BCUT2D eigenvalue weighted by molar-refractivity contribution is 5.14. The average Bonchev–Trinajstić information content (AvgIpc) is 2.44. The number of aliphatic hydroxyl groups is 2. The molecule has 0 aliphatic rings. The maximum Gasteiger partial charge on any atom is 0.423 e. The Morgan fingerprint density at radius 2 is 0.679 bits per heavy atom. The van der Waals surface area contributed by atoms with Gasteiger partial charge >= 0.3 is 47.6 Å². The summed E-state index contributed by atoms with van der Waals surface area (Å²) in [7, 11) is 0. The van der Waals surface area contributed by atoms with Crippen molar-refractivity contribution in [2.75, 3.05) is 6.61 Å². The Morgan fingerprint density at radius 1 is 0.429 bits per heavy atom. The number of rotatable bonds is 9. The average molecular weight is 462 g/mol. The van der Waals surface area contributed by atoms with Crippen molar-refractivity contribution >= 4 is 0 Å². The van der Waals surface area contributed by atoms with Crippen molar-refractivity contribution in [1.29, 1.82) is 0 Å². The third-order valence-electron chi connectivity index (χ3n) is 3.23. The van der Waals surface area contributed by atoms with E-state index < -0.39 is 60.6 Å². The standard InChI is InChI=1S/C10H6F16O2/c11-3(12,1-2-27)4(13,14)5(15,16)6(17,18)7(19,20)8(21,22)9(23,24)10(25,26)28/h27-28H,1-2H2. The first-order valence-corrected chi connectivity index (χ1v) is 6.17. The van der Waals surface area contributed by atoms with Gasteiger partial charge in [0.25, 0.3) is 0 Å². The molecule has 0 rings (SSSR count). The highest BCUT2D eigenvalue weighted by atomic mass is 19.4. The van der Waals surface area contributed by atoms with Crippen LogP contribution in [0.15, 0.2) is 0 Å². The van der Waals surface area contributed by atoms with Crippen LogP contribution < -0.4 is 0 Å². The van der Waals surface area contributed by atoms with Gasteiger partial charge in [-0.3, -0.25) is 0 Å². The van der Waals surface area contributed by atoms with Crippen molar-refractivity contribution in [1.82, 2.24) is 0 Å². The van der Waals surface area contributed by atoms with Crippen LogP contribution in [0.25, 0.3) is 0 Å². The van der Waals surface area contributed by atoms with Gasteiger partial charge in [-0.05, 0) is 0 Å². The van der Waals surface area contributed by atoms with E-state index in [0.717, 1.165) is 0 Å². The van der Waals surface area contributed by atoms with Crippen LogP contribution in [0.3, 0.4) is 0 Å². The first kappa shape index (κ1) is 26.8. The van der Waals surface area contributed by atoms with Crippen molar-refractivity contribution in [2.45, 2.75) is 54.0 Å². The van der Waals surface area contributed by atoms with Crippen molar-refractivity contribution in [2.24, 2.45) is 0 Å². The molecule has 0 amide bonds. The van der Waals surface area contributed by atoms with E-state index in [-0.39, 0.29) is 0 Å². The Morgan fingerprint density at radius 3 is 0.929 bits per heavy atom. The molecule has 0 spiro atoms. The van der Waals surface area contributed by atoms with Gasteiger partial charge in [0.1, 0.15) is 0 Å². The van der Waals surface area contributed by atoms with Gasteiger partial charge < -0.3 is 10.2 Å². The van der Waals surface area contributed by atoms with Gasteiger partial charge in [0.15, 0.2) is 0 Å². The summed E-state index contributed by atoms with van der Waals surface area (Å²) in [5, 5.41) is 15.4. The maximum atomic E-state index is 13.1. The van der Waals surface area contributed by atoms with Crippen LogP contribution in [0, 0.1) is 0 Å². The van der Waals surface area contributed by atoms with E-state index in [9.17, 15) is 70.2 Å². The highest BCUT2D eigenvalue weighted by Crippen LogP contribution is 2.63.